The Kier molecular flexibility index (Phi) is 6.38. The van der Waals surface area contributed by atoms with E-state index in [1.165, 1.54) is 36.7 Å². The quantitative estimate of drug-likeness (QED) is 0.702. The van der Waals surface area contributed by atoms with Gasteiger partial charge in [-0.15, -0.1) is 0 Å². The van der Waals surface area contributed by atoms with Crippen molar-refractivity contribution < 1.29 is 14.3 Å². The van der Waals surface area contributed by atoms with Gasteiger partial charge in [-0.2, -0.15) is 0 Å². The van der Waals surface area contributed by atoms with Crippen LogP contribution in [0.4, 0.5) is 0 Å². The molecule has 2 aromatic rings. The van der Waals surface area contributed by atoms with E-state index in [1.807, 2.05) is 18.2 Å². The van der Waals surface area contributed by atoms with Crippen LogP contribution in [0.1, 0.15) is 69.4 Å². The fourth-order valence-electron chi connectivity index (χ4n) is 5.80. The van der Waals surface area contributed by atoms with Gasteiger partial charge in [0.15, 0.2) is 0 Å². The van der Waals surface area contributed by atoms with Gasteiger partial charge >= 0.3 is 5.69 Å². The van der Waals surface area contributed by atoms with E-state index in [-0.39, 0.29) is 24.1 Å². The summed E-state index contributed by atoms with van der Waals surface area (Å²) in [5.41, 5.74) is 2.26. The van der Waals surface area contributed by atoms with Gasteiger partial charge in [0.25, 0.3) is 0 Å². The third-order valence-electron chi connectivity index (χ3n) is 7.73. The van der Waals surface area contributed by atoms with Crippen LogP contribution in [0.2, 0.25) is 0 Å². The molecule has 8 nitrogen and oxygen atoms in total. The monoisotopic (exact) mass is 454 g/mol. The first-order chi connectivity index (χ1) is 16.0. The standard InChI is InChI=1S/C25H34N4O4/c1-27-22-15-17(16-33-19-11-13-28(14-12-19)18-5-3-2-4-6-18)7-8-20(22)29(25(27)32)21-9-10-23(30)26-24(21)31/h7-8,15,18-19,21H,2-6,9-14,16H2,1H3,(H,26,30,31). The first-order valence-corrected chi connectivity index (χ1v) is 12.4. The maximum Gasteiger partial charge on any atom is 0.329 e. The Morgan fingerprint density at radius 1 is 0.970 bits per heavy atom. The van der Waals surface area contributed by atoms with Crippen LogP contribution in [0.25, 0.3) is 11.0 Å². The van der Waals surface area contributed by atoms with E-state index in [1.54, 1.807) is 11.6 Å². The smallest absolute Gasteiger partial charge is 0.329 e. The van der Waals surface area contributed by atoms with Crippen molar-refractivity contribution in [1.29, 1.82) is 0 Å². The Hall–Kier alpha value is -2.45. The van der Waals surface area contributed by atoms with Crippen LogP contribution in [-0.2, 0) is 28.0 Å². The highest BCUT2D eigenvalue weighted by Gasteiger charge is 2.31. The van der Waals surface area contributed by atoms with E-state index >= 15 is 0 Å². The molecule has 1 N–H and O–H groups in total. The minimum atomic E-state index is -0.657. The third-order valence-corrected chi connectivity index (χ3v) is 7.73. The number of piperidine rings is 2. The number of imide groups is 1. The molecule has 0 radical (unpaired) electrons. The molecule has 3 aliphatic rings. The van der Waals surface area contributed by atoms with Crippen LogP contribution < -0.4 is 11.0 Å². The SMILES string of the molecule is Cn1c(=O)n(C2CCC(=O)NC2=O)c2ccc(COC3CCN(C4CCCCC4)CC3)cc21. The van der Waals surface area contributed by atoms with Crippen molar-refractivity contribution in [1.82, 2.24) is 19.4 Å². The largest absolute Gasteiger partial charge is 0.373 e. The number of benzene rings is 1. The molecule has 3 heterocycles. The minimum absolute atomic E-state index is 0.241. The summed E-state index contributed by atoms with van der Waals surface area (Å²) < 4.78 is 9.34. The lowest BCUT2D eigenvalue weighted by atomic mass is 9.92. The van der Waals surface area contributed by atoms with Crippen molar-refractivity contribution >= 4 is 22.8 Å². The Morgan fingerprint density at radius 2 is 1.73 bits per heavy atom. The van der Waals surface area contributed by atoms with Crippen LogP contribution in [-0.4, -0.2) is 51.1 Å². The van der Waals surface area contributed by atoms with Crippen molar-refractivity contribution in [2.75, 3.05) is 13.1 Å². The molecule has 1 unspecified atom stereocenters. The van der Waals surface area contributed by atoms with Gasteiger partial charge in [-0.25, -0.2) is 4.79 Å². The average molecular weight is 455 g/mol. The summed E-state index contributed by atoms with van der Waals surface area (Å²) in [5, 5.41) is 2.35. The highest BCUT2D eigenvalue weighted by Crippen LogP contribution is 2.27. The summed E-state index contributed by atoms with van der Waals surface area (Å²) in [6, 6.07) is 5.97. The number of carbonyl (C=O) groups excluding carboxylic acids is 2. The molecule has 2 amide bonds. The molecule has 33 heavy (non-hydrogen) atoms. The molecule has 1 saturated carbocycles. The molecule has 5 rings (SSSR count). The highest BCUT2D eigenvalue weighted by molar-refractivity contribution is 6.00. The zero-order chi connectivity index (χ0) is 22.9. The lowest BCUT2D eigenvalue weighted by Crippen LogP contribution is -2.44. The highest BCUT2D eigenvalue weighted by atomic mass is 16.5. The lowest BCUT2D eigenvalue weighted by molar-refractivity contribution is -0.135. The van der Waals surface area contributed by atoms with Gasteiger partial charge < -0.3 is 9.64 Å². The Morgan fingerprint density at radius 3 is 2.45 bits per heavy atom. The van der Waals surface area contributed by atoms with E-state index in [0.717, 1.165) is 43.1 Å². The number of imidazole rings is 1. The molecule has 0 bridgehead atoms. The maximum atomic E-state index is 12.9. The number of nitrogens with one attached hydrogen (secondary N) is 1. The summed E-state index contributed by atoms with van der Waals surface area (Å²) in [5.74, 6) is -0.693. The molecular weight excluding hydrogens is 420 g/mol. The Bertz CT molecular complexity index is 1090. The molecule has 1 atom stereocenters. The number of rotatable bonds is 5. The van der Waals surface area contributed by atoms with Gasteiger partial charge in [0.1, 0.15) is 6.04 Å². The normalized spacial score (nSPS) is 23.8. The fourth-order valence-corrected chi connectivity index (χ4v) is 5.80. The van der Waals surface area contributed by atoms with Gasteiger partial charge in [0, 0.05) is 32.6 Å². The van der Waals surface area contributed by atoms with Crippen molar-refractivity contribution in [2.45, 2.75) is 82.6 Å². The van der Waals surface area contributed by atoms with Gasteiger partial charge in [0.2, 0.25) is 11.8 Å². The number of ether oxygens (including phenoxy) is 1. The van der Waals surface area contributed by atoms with Crippen LogP contribution >= 0.6 is 0 Å². The number of nitrogens with zero attached hydrogens (tertiary/aromatic N) is 3. The number of aryl methyl sites for hydroxylation is 1. The first kappa shape index (κ1) is 22.3. The van der Waals surface area contributed by atoms with Gasteiger partial charge in [-0.05, 0) is 49.8 Å². The summed E-state index contributed by atoms with van der Waals surface area (Å²) in [6.45, 7) is 2.76. The van der Waals surface area contributed by atoms with E-state index in [0.29, 0.717) is 18.5 Å². The lowest BCUT2D eigenvalue weighted by Gasteiger charge is -2.39. The third kappa shape index (κ3) is 4.51. The molecular formula is C25H34N4O4. The van der Waals surface area contributed by atoms with Crippen molar-refractivity contribution in [3.8, 4) is 0 Å². The van der Waals surface area contributed by atoms with E-state index < -0.39 is 11.9 Å². The summed E-state index contributed by atoms with van der Waals surface area (Å²) in [7, 11) is 1.72. The predicted octanol–water partition coefficient (Wildman–Crippen LogP) is 2.63. The van der Waals surface area contributed by atoms with Crippen LogP contribution in [0.15, 0.2) is 23.0 Å². The number of likely N-dealkylation sites (tertiary alicyclic amines) is 1. The van der Waals surface area contributed by atoms with Crippen LogP contribution in [0.5, 0.6) is 0 Å². The number of amides is 2. The molecule has 1 aromatic carbocycles. The Balaban J connectivity index is 1.24. The molecule has 2 saturated heterocycles. The van der Waals surface area contributed by atoms with Crippen molar-refractivity contribution in [3.63, 3.8) is 0 Å². The topological polar surface area (TPSA) is 85.6 Å². The average Bonchev–Trinajstić information content (AvgIpc) is 3.08. The number of fused-ring (bicyclic) bond motifs is 1. The summed E-state index contributed by atoms with van der Waals surface area (Å²) in [6.07, 6.45) is 9.84. The molecule has 8 heteroatoms. The minimum Gasteiger partial charge on any atom is -0.373 e. The maximum absolute atomic E-state index is 12.9. The number of hydrogen-bond donors (Lipinski definition) is 1. The van der Waals surface area contributed by atoms with Crippen LogP contribution in [0, 0.1) is 0 Å². The number of carbonyl (C=O) groups is 2. The molecule has 1 aliphatic carbocycles. The molecule has 0 spiro atoms. The summed E-state index contributed by atoms with van der Waals surface area (Å²) in [4.78, 5) is 39.4. The van der Waals surface area contributed by atoms with Gasteiger partial charge in [-0.3, -0.25) is 24.0 Å². The van der Waals surface area contributed by atoms with E-state index in [9.17, 15) is 14.4 Å². The number of aromatic nitrogens is 2. The molecule has 3 fully saturated rings. The van der Waals surface area contributed by atoms with E-state index in [2.05, 4.69) is 10.2 Å². The van der Waals surface area contributed by atoms with Gasteiger partial charge in [0.05, 0.1) is 23.7 Å². The molecule has 2 aliphatic heterocycles. The second kappa shape index (κ2) is 9.43. The second-order valence-electron chi connectivity index (χ2n) is 9.84. The van der Waals surface area contributed by atoms with E-state index in [4.69, 9.17) is 4.74 Å². The summed E-state index contributed by atoms with van der Waals surface area (Å²) >= 11 is 0. The number of hydrogen-bond acceptors (Lipinski definition) is 5. The van der Waals surface area contributed by atoms with Crippen molar-refractivity contribution in [2.24, 2.45) is 7.05 Å². The first-order valence-electron chi connectivity index (χ1n) is 12.4. The van der Waals surface area contributed by atoms with Crippen LogP contribution in [0.3, 0.4) is 0 Å². The molecule has 1 aromatic heterocycles. The Labute approximate surface area is 193 Å². The van der Waals surface area contributed by atoms with Gasteiger partial charge in [-0.1, -0.05) is 25.3 Å². The second-order valence-corrected chi connectivity index (χ2v) is 9.84. The zero-order valence-electron chi connectivity index (χ0n) is 19.4. The zero-order valence-corrected chi connectivity index (χ0v) is 19.4. The molecule has 178 valence electrons. The van der Waals surface area contributed by atoms with Crippen molar-refractivity contribution in [3.05, 3.63) is 34.2 Å². The fraction of sp³-hybridized carbons (Fsp3) is 0.640. The predicted molar refractivity (Wildman–Crippen MR) is 125 cm³/mol.